The summed E-state index contributed by atoms with van der Waals surface area (Å²) in [5.74, 6) is -0.132. The van der Waals surface area contributed by atoms with Gasteiger partial charge in [-0.05, 0) is 36.4 Å². The molecule has 0 saturated heterocycles. The first kappa shape index (κ1) is 19.2. The summed E-state index contributed by atoms with van der Waals surface area (Å²) < 4.78 is 0. The predicted octanol–water partition coefficient (Wildman–Crippen LogP) is 3.95. The molecule has 1 aromatic heterocycles. The van der Waals surface area contributed by atoms with E-state index in [1.165, 1.54) is 0 Å². The number of benzene rings is 2. The maximum atomic E-state index is 12.8. The van der Waals surface area contributed by atoms with Gasteiger partial charge in [0.25, 0.3) is 5.91 Å². The van der Waals surface area contributed by atoms with Gasteiger partial charge in [0.05, 0.1) is 22.3 Å². The topological polar surface area (TPSA) is 103 Å². The van der Waals surface area contributed by atoms with Crippen molar-refractivity contribution in [3.63, 3.8) is 0 Å². The van der Waals surface area contributed by atoms with Crippen LogP contribution < -0.4 is 10.6 Å². The third-order valence-corrected chi connectivity index (χ3v) is 5.23. The summed E-state index contributed by atoms with van der Waals surface area (Å²) in [4.78, 5) is 26.8. The minimum absolute atomic E-state index is 0.132. The normalized spacial score (nSPS) is 13.0. The van der Waals surface area contributed by atoms with Gasteiger partial charge in [0, 0.05) is 29.9 Å². The second-order valence-corrected chi connectivity index (χ2v) is 7.30. The van der Waals surface area contributed by atoms with E-state index in [0.717, 1.165) is 11.4 Å². The maximum absolute atomic E-state index is 12.8. The van der Waals surface area contributed by atoms with E-state index in [2.05, 4.69) is 26.0 Å². The van der Waals surface area contributed by atoms with Crippen molar-refractivity contribution >= 4 is 46.5 Å². The molecule has 3 N–H and O–H groups in total. The largest absolute Gasteiger partial charge is 0.332 e. The molecule has 0 fully saturated rings. The molecule has 0 unspecified atom stereocenters. The molecule has 29 heavy (non-hydrogen) atoms. The zero-order valence-corrected chi connectivity index (χ0v) is 16.6. The van der Waals surface area contributed by atoms with Crippen LogP contribution in [0.25, 0.3) is 0 Å². The SMILES string of the molecule is O=C(Nc1cccc(C(=O)N2CCc3n[nH]nc3C2)c1)Nc1ccc(Cl)c(Cl)c1. The average molecular weight is 431 g/mol. The van der Waals surface area contributed by atoms with Crippen LogP contribution in [0, 0.1) is 0 Å². The maximum Gasteiger partial charge on any atom is 0.323 e. The van der Waals surface area contributed by atoms with Crippen molar-refractivity contribution in [3.05, 3.63) is 69.5 Å². The number of H-pyrrole nitrogens is 1. The second-order valence-electron chi connectivity index (χ2n) is 6.48. The first-order chi connectivity index (χ1) is 14.0. The quantitative estimate of drug-likeness (QED) is 0.584. The predicted molar refractivity (Wildman–Crippen MR) is 110 cm³/mol. The molecule has 0 bridgehead atoms. The standard InChI is InChI=1S/C19H16Cl2N6O2/c20-14-5-4-13(9-15(14)21)23-19(29)22-12-3-1-2-11(8-12)18(28)27-7-6-16-17(10-27)25-26-24-16/h1-5,8-9H,6-7,10H2,(H2,22,23,29)(H,24,25,26). The van der Waals surface area contributed by atoms with Crippen LogP contribution in [0.2, 0.25) is 10.0 Å². The summed E-state index contributed by atoms with van der Waals surface area (Å²) in [6.45, 7) is 0.966. The molecule has 0 spiro atoms. The molecule has 1 aliphatic rings. The van der Waals surface area contributed by atoms with E-state index in [4.69, 9.17) is 23.2 Å². The number of nitrogens with zero attached hydrogens (tertiary/aromatic N) is 3. The smallest absolute Gasteiger partial charge is 0.323 e. The number of halogens is 2. The number of aromatic amines is 1. The Hall–Kier alpha value is -3.10. The Morgan fingerprint density at radius 1 is 0.966 bits per heavy atom. The zero-order chi connectivity index (χ0) is 20.4. The summed E-state index contributed by atoms with van der Waals surface area (Å²) >= 11 is 11.8. The molecule has 2 aromatic carbocycles. The first-order valence-corrected chi connectivity index (χ1v) is 9.56. The number of amides is 3. The van der Waals surface area contributed by atoms with Gasteiger partial charge in [0.15, 0.2) is 0 Å². The number of hydrogen-bond donors (Lipinski definition) is 3. The molecule has 3 aromatic rings. The fraction of sp³-hybridized carbons (Fsp3) is 0.158. The van der Waals surface area contributed by atoms with Gasteiger partial charge in [-0.3, -0.25) is 4.79 Å². The van der Waals surface area contributed by atoms with E-state index in [-0.39, 0.29) is 5.91 Å². The van der Waals surface area contributed by atoms with Crippen molar-refractivity contribution < 1.29 is 9.59 Å². The molecule has 2 heterocycles. The van der Waals surface area contributed by atoms with Crippen LogP contribution in [0.4, 0.5) is 16.2 Å². The first-order valence-electron chi connectivity index (χ1n) is 8.80. The highest BCUT2D eigenvalue weighted by Gasteiger charge is 2.24. The van der Waals surface area contributed by atoms with Gasteiger partial charge in [-0.15, -0.1) is 0 Å². The summed E-state index contributed by atoms with van der Waals surface area (Å²) in [6.07, 6.45) is 0.654. The van der Waals surface area contributed by atoms with Gasteiger partial charge in [-0.1, -0.05) is 29.3 Å². The van der Waals surface area contributed by atoms with E-state index < -0.39 is 6.03 Å². The van der Waals surface area contributed by atoms with Crippen LogP contribution in [0.1, 0.15) is 21.7 Å². The minimum Gasteiger partial charge on any atom is -0.332 e. The van der Waals surface area contributed by atoms with Crippen LogP contribution in [0.5, 0.6) is 0 Å². The van der Waals surface area contributed by atoms with Crippen LogP contribution in [-0.2, 0) is 13.0 Å². The van der Waals surface area contributed by atoms with Crippen molar-refractivity contribution in [2.45, 2.75) is 13.0 Å². The Kier molecular flexibility index (Phi) is 5.37. The van der Waals surface area contributed by atoms with E-state index in [0.29, 0.717) is 46.5 Å². The molecule has 1 aliphatic heterocycles. The van der Waals surface area contributed by atoms with E-state index in [1.807, 2.05) is 0 Å². The number of hydrogen-bond acceptors (Lipinski definition) is 4. The third kappa shape index (κ3) is 4.33. The van der Waals surface area contributed by atoms with Crippen LogP contribution in [0.15, 0.2) is 42.5 Å². The lowest BCUT2D eigenvalue weighted by Gasteiger charge is -2.25. The Morgan fingerprint density at radius 2 is 1.72 bits per heavy atom. The number of carbonyl (C=O) groups excluding carboxylic acids is 2. The number of rotatable bonds is 3. The second kappa shape index (κ2) is 8.10. The number of carbonyl (C=O) groups is 2. The molecule has 0 radical (unpaired) electrons. The van der Waals surface area contributed by atoms with Crippen molar-refractivity contribution in [2.24, 2.45) is 0 Å². The number of aromatic nitrogens is 3. The van der Waals surface area contributed by atoms with Crippen LogP contribution >= 0.6 is 23.2 Å². The fourth-order valence-corrected chi connectivity index (χ4v) is 3.35. The van der Waals surface area contributed by atoms with Gasteiger partial charge in [-0.25, -0.2) is 4.79 Å². The molecular weight excluding hydrogens is 415 g/mol. The highest BCUT2D eigenvalue weighted by Crippen LogP contribution is 2.25. The number of anilines is 2. The molecular formula is C19H16Cl2N6O2. The van der Waals surface area contributed by atoms with Crippen molar-refractivity contribution in [2.75, 3.05) is 17.2 Å². The molecule has 0 atom stereocenters. The third-order valence-electron chi connectivity index (χ3n) is 4.49. The fourth-order valence-electron chi connectivity index (χ4n) is 3.06. The van der Waals surface area contributed by atoms with Gasteiger partial charge in [0.2, 0.25) is 0 Å². The Bertz CT molecular complexity index is 1080. The lowest BCUT2D eigenvalue weighted by atomic mass is 10.1. The van der Waals surface area contributed by atoms with Gasteiger partial charge < -0.3 is 15.5 Å². The summed E-state index contributed by atoms with van der Waals surface area (Å²) in [5.41, 5.74) is 3.14. The van der Waals surface area contributed by atoms with Crippen LogP contribution in [-0.4, -0.2) is 38.8 Å². The minimum atomic E-state index is -0.460. The monoisotopic (exact) mass is 430 g/mol. The lowest BCUT2D eigenvalue weighted by Crippen LogP contribution is -2.36. The van der Waals surface area contributed by atoms with Gasteiger partial charge in [-0.2, -0.15) is 15.4 Å². The molecule has 8 nitrogen and oxygen atoms in total. The molecule has 10 heteroatoms. The van der Waals surface area contributed by atoms with Gasteiger partial charge >= 0.3 is 6.03 Å². The molecule has 0 aliphatic carbocycles. The number of urea groups is 1. The number of fused-ring (bicyclic) bond motifs is 1. The molecule has 0 saturated carbocycles. The van der Waals surface area contributed by atoms with E-state index in [1.54, 1.807) is 47.4 Å². The van der Waals surface area contributed by atoms with Crippen molar-refractivity contribution in [1.29, 1.82) is 0 Å². The zero-order valence-electron chi connectivity index (χ0n) is 15.1. The highest BCUT2D eigenvalue weighted by molar-refractivity contribution is 6.42. The van der Waals surface area contributed by atoms with Crippen LogP contribution in [0.3, 0.4) is 0 Å². The Labute approximate surface area is 176 Å². The van der Waals surface area contributed by atoms with E-state index >= 15 is 0 Å². The average Bonchev–Trinajstić information content (AvgIpc) is 3.18. The van der Waals surface area contributed by atoms with Crippen molar-refractivity contribution in [1.82, 2.24) is 20.3 Å². The molecule has 148 valence electrons. The number of nitrogens with one attached hydrogen (secondary N) is 3. The van der Waals surface area contributed by atoms with Crippen molar-refractivity contribution in [3.8, 4) is 0 Å². The molecule has 3 amide bonds. The lowest BCUT2D eigenvalue weighted by molar-refractivity contribution is 0.0732. The Morgan fingerprint density at radius 3 is 2.52 bits per heavy atom. The summed E-state index contributed by atoms with van der Waals surface area (Å²) in [6, 6.07) is 11.1. The summed E-state index contributed by atoms with van der Waals surface area (Å²) in [5, 5.41) is 16.9. The highest BCUT2D eigenvalue weighted by atomic mass is 35.5. The Balaban J connectivity index is 1.42. The molecule has 4 rings (SSSR count). The van der Waals surface area contributed by atoms with Gasteiger partial charge in [0.1, 0.15) is 5.69 Å². The summed E-state index contributed by atoms with van der Waals surface area (Å²) in [7, 11) is 0. The van der Waals surface area contributed by atoms with E-state index in [9.17, 15) is 9.59 Å².